The predicted molar refractivity (Wildman–Crippen MR) is 134 cm³/mol. The maximum Gasteiger partial charge on any atom is 0.276 e. The Bertz CT molecular complexity index is 1300. The normalized spacial score (nSPS) is 17.8. The van der Waals surface area contributed by atoms with Crippen molar-refractivity contribution in [1.29, 1.82) is 0 Å². The molecule has 0 atom stereocenters. The molecule has 1 fully saturated rings. The fourth-order valence-electron chi connectivity index (χ4n) is 4.15. The van der Waals surface area contributed by atoms with Gasteiger partial charge in [0.2, 0.25) is 0 Å². The molecule has 0 spiro atoms. The average Bonchev–Trinajstić information content (AvgIpc) is 3.31. The SMILES string of the molecule is NCc1ccc(Nc2cc(NC3CCC(N)CC3)nn3c(C(=O)Nc4ccncc4)cnc23)nc1. The number of fused-ring (bicyclic) bond motifs is 1. The lowest BCUT2D eigenvalue weighted by atomic mass is 9.92. The maximum absolute atomic E-state index is 13.1. The summed E-state index contributed by atoms with van der Waals surface area (Å²) in [7, 11) is 0. The minimum atomic E-state index is -0.326. The van der Waals surface area contributed by atoms with E-state index in [-0.39, 0.29) is 18.0 Å². The Morgan fingerprint density at radius 2 is 1.83 bits per heavy atom. The lowest BCUT2D eigenvalue weighted by molar-refractivity contribution is 0.102. The second-order valence-corrected chi connectivity index (χ2v) is 8.65. The van der Waals surface area contributed by atoms with Crippen LogP contribution in [0, 0.1) is 0 Å². The number of carbonyl (C=O) groups excluding carboxylic acids is 1. The topological polar surface area (TPSA) is 161 Å². The molecular weight excluding hydrogens is 444 g/mol. The highest BCUT2D eigenvalue weighted by Gasteiger charge is 2.21. The number of hydrogen-bond donors (Lipinski definition) is 5. The average molecular weight is 473 g/mol. The lowest BCUT2D eigenvalue weighted by Crippen LogP contribution is -2.33. The van der Waals surface area contributed by atoms with Gasteiger partial charge in [-0.3, -0.25) is 9.78 Å². The summed E-state index contributed by atoms with van der Waals surface area (Å²) in [6.07, 6.45) is 10.3. The molecule has 0 saturated heterocycles. The number of nitrogens with one attached hydrogen (secondary N) is 3. The zero-order chi connectivity index (χ0) is 24.2. The smallest absolute Gasteiger partial charge is 0.276 e. The number of hydrogen-bond acceptors (Lipinski definition) is 9. The number of pyridine rings is 2. The first-order valence-corrected chi connectivity index (χ1v) is 11.6. The fourth-order valence-corrected chi connectivity index (χ4v) is 4.15. The second-order valence-electron chi connectivity index (χ2n) is 8.65. The third-order valence-electron chi connectivity index (χ3n) is 6.09. The van der Waals surface area contributed by atoms with Crippen molar-refractivity contribution in [2.75, 3.05) is 16.0 Å². The highest BCUT2D eigenvalue weighted by Crippen LogP contribution is 2.26. The second kappa shape index (κ2) is 10.0. The van der Waals surface area contributed by atoms with E-state index in [4.69, 9.17) is 16.6 Å². The monoisotopic (exact) mass is 472 g/mol. The van der Waals surface area contributed by atoms with E-state index in [0.717, 1.165) is 31.2 Å². The molecule has 1 aliphatic carbocycles. The van der Waals surface area contributed by atoms with Gasteiger partial charge in [-0.15, -0.1) is 5.10 Å². The standard InChI is InChI=1S/C24H28N10O/c25-12-15-1-6-21(28-13-15)32-19-11-22(30-17-4-2-16(26)3-5-17)33-34-20(14-29-23(19)34)24(35)31-18-7-9-27-10-8-18/h1,6-11,13-14,16-17H,2-5,12,25-26H2,(H,28,32)(H,30,33)(H,27,31,35). The third kappa shape index (κ3) is 5.20. The van der Waals surface area contributed by atoms with E-state index in [1.54, 1.807) is 35.2 Å². The van der Waals surface area contributed by atoms with Crippen LogP contribution in [0.4, 0.5) is 23.0 Å². The van der Waals surface area contributed by atoms with Crippen LogP contribution in [0.25, 0.3) is 5.65 Å². The Morgan fingerprint density at radius 1 is 1.03 bits per heavy atom. The van der Waals surface area contributed by atoms with Crippen LogP contribution in [0.2, 0.25) is 0 Å². The summed E-state index contributed by atoms with van der Waals surface area (Å²) in [6, 6.07) is 9.61. The van der Waals surface area contributed by atoms with Gasteiger partial charge in [0, 0.05) is 49.0 Å². The van der Waals surface area contributed by atoms with Crippen molar-refractivity contribution in [2.45, 2.75) is 44.3 Å². The van der Waals surface area contributed by atoms with E-state index in [1.165, 1.54) is 6.20 Å². The fraction of sp³-hybridized carbons (Fsp3) is 0.292. The van der Waals surface area contributed by atoms with Gasteiger partial charge in [0.15, 0.2) is 11.3 Å². The Morgan fingerprint density at radius 3 is 2.54 bits per heavy atom. The van der Waals surface area contributed by atoms with E-state index in [2.05, 4.69) is 30.9 Å². The largest absolute Gasteiger partial charge is 0.366 e. The van der Waals surface area contributed by atoms with Crippen molar-refractivity contribution < 1.29 is 4.79 Å². The van der Waals surface area contributed by atoms with Crippen LogP contribution in [-0.4, -0.2) is 42.6 Å². The van der Waals surface area contributed by atoms with Gasteiger partial charge in [0.1, 0.15) is 11.6 Å². The summed E-state index contributed by atoms with van der Waals surface area (Å²) in [5.74, 6) is 0.944. The molecule has 180 valence electrons. The molecule has 4 heterocycles. The number of amides is 1. The highest BCUT2D eigenvalue weighted by molar-refractivity contribution is 6.03. The lowest BCUT2D eigenvalue weighted by Gasteiger charge is -2.27. The number of rotatable bonds is 7. The van der Waals surface area contributed by atoms with E-state index < -0.39 is 0 Å². The molecule has 35 heavy (non-hydrogen) atoms. The molecular formula is C24H28N10O. The molecule has 1 saturated carbocycles. The molecule has 11 heteroatoms. The van der Waals surface area contributed by atoms with Crippen LogP contribution in [0.3, 0.4) is 0 Å². The van der Waals surface area contributed by atoms with Crippen molar-refractivity contribution in [3.63, 3.8) is 0 Å². The van der Waals surface area contributed by atoms with Crippen LogP contribution in [0.5, 0.6) is 0 Å². The summed E-state index contributed by atoms with van der Waals surface area (Å²) in [5, 5.41) is 14.4. The first-order chi connectivity index (χ1) is 17.1. The van der Waals surface area contributed by atoms with Crippen molar-refractivity contribution in [3.05, 3.63) is 66.4 Å². The molecule has 0 aromatic carbocycles. The molecule has 0 unspecified atom stereocenters. The van der Waals surface area contributed by atoms with Crippen LogP contribution in [0.1, 0.15) is 41.7 Å². The molecule has 1 aliphatic rings. The van der Waals surface area contributed by atoms with E-state index in [9.17, 15) is 4.79 Å². The van der Waals surface area contributed by atoms with Gasteiger partial charge in [-0.1, -0.05) is 6.07 Å². The minimum Gasteiger partial charge on any atom is -0.366 e. The van der Waals surface area contributed by atoms with Crippen molar-refractivity contribution in [1.82, 2.24) is 24.6 Å². The summed E-state index contributed by atoms with van der Waals surface area (Å²) in [4.78, 5) is 26.0. The number of aromatic nitrogens is 5. The van der Waals surface area contributed by atoms with E-state index >= 15 is 0 Å². The molecule has 0 bridgehead atoms. The van der Waals surface area contributed by atoms with Crippen LogP contribution in [-0.2, 0) is 6.54 Å². The van der Waals surface area contributed by atoms with Crippen molar-refractivity contribution in [2.24, 2.45) is 11.5 Å². The maximum atomic E-state index is 13.1. The molecule has 4 aromatic rings. The first kappa shape index (κ1) is 22.7. The highest BCUT2D eigenvalue weighted by atomic mass is 16.2. The summed E-state index contributed by atoms with van der Waals surface area (Å²) in [6.45, 7) is 0.419. The Kier molecular flexibility index (Phi) is 6.51. The summed E-state index contributed by atoms with van der Waals surface area (Å²) >= 11 is 0. The molecule has 0 radical (unpaired) electrons. The zero-order valence-corrected chi connectivity index (χ0v) is 19.2. The Hall–Kier alpha value is -4.09. The predicted octanol–water partition coefficient (Wildman–Crippen LogP) is 2.66. The first-order valence-electron chi connectivity index (χ1n) is 11.6. The number of nitrogens with two attached hydrogens (primary N) is 2. The van der Waals surface area contributed by atoms with Crippen LogP contribution < -0.4 is 27.4 Å². The Balaban J connectivity index is 1.48. The van der Waals surface area contributed by atoms with Gasteiger partial charge >= 0.3 is 0 Å². The number of nitrogens with zero attached hydrogens (tertiary/aromatic N) is 5. The van der Waals surface area contributed by atoms with Crippen molar-refractivity contribution >= 4 is 34.6 Å². The van der Waals surface area contributed by atoms with Gasteiger partial charge in [-0.2, -0.15) is 0 Å². The number of anilines is 4. The molecule has 1 amide bonds. The quantitative estimate of drug-likeness (QED) is 0.272. The number of carbonyl (C=O) groups is 1. The van der Waals surface area contributed by atoms with Gasteiger partial charge in [0.05, 0.1) is 11.9 Å². The third-order valence-corrected chi connectivity index (χ3v) is 6.09. The van der Waals surface area contributed by atoms with E-state index in [1.807, 2.05) is 18.2 Å². The van der Waals surface area contributed by atoms with Gasteiger partial charge in [-0.25, -0.2) is 14.5 Å². The summed E-state index contributed by atoms with van der Waals surface area (Å²) in [5.41, 5.74) is 14.8. The van der Waals surface area contributed by atoms with Gasteiger partial charge in [0.25, 0.3) is 5.91 Å². The molecule has 7 N–H and O–H groups in total. The van der Waals surface area contributed by atoms with Crippen LogP contribution in [0.15, 0.2) is 55.1 Å². The van der Waals surface area contributed by atoms with Crippen molar-refractivity contribution in [3.8, 4) is 0 Å². The van der Waals surface area contributed by atoms with E-state index in [0.29, 0.717) is 40.9 Å². The molecule has 4 aromatic heterocycles. The molecule has 5 rings (SSSR count). The van der Waals surface area contributed by atoms with Gasteiger partial charge < -0.3 is 27.4 Å². The molecule has 0 aliphatic heterocycles. The zero-order valence-electron chi connectivity index (χ0n) is 19.2. The summed E-state index contributed by atoms with van der Waals surface area (Å²) < 4.78 is 1.55. The number of imidazole rings is 1. The van der Waals surface area contributed by atoms with Crippen LogP contribution >= 0.6 is 0 Å². The van der Waals surface area contributed by atoms with Gasteiger partial charge in [-0.05, 0) is 49.4 Å². The molecule has 11 nitrogen and oxygen atoms in total. The minimum absolute atomic E-state index is 0.250. The Labute approximate surface area is 202 Å².